The monoisotopic (exact) mass is 240 g/mol. The van der Waals surface area contributed by atoms with Crippen LogP contribution in [0, 0.1) is 0 Å². The molecule has 0 aliphatic rings. The van der Waals surface area contributed by atoms with E-state index in [1.165, 1.54) is 0 Å². The molecule has 0 bridgehead atoms. The molecule has 0 aromatic heterocycles. The highest BCUT2D eigenvalue weighted by Gasteiger charge is 2.24. The number of ether oxygens (including phenoxy) is 1. The molecule has 0 spiro atoms. The smallest absolute Gasteiger partial charge is 0.326 e. The molecule has 0 heterocycles. The lowest BCUT2D eigenvalue weighted by atomic mass is 10.3. The quantitative estimate of drug-likeness (QED) is 0.483. The molecular weight excluding hydrogens is 224 g/mol. The van der Waals surface area contributed by atoms with Crippen LogP contribution in [0.25, 0.3) is 0 Å². The van der Waals surface area contributed by atoms with Gasteiger partial charge in [0.25, 0.3) is 10.2 Å². The summed E-state index contributed by atoms with van der Waals surface area (Å²) in [5.41, 5.74) is 0. The number of methoxy groups -OCH3 is 1. The van der Waals surface area contributed by atoms with Crippen LogP contribution in [0.2, 0.25) is 0 Å². The minimum absolute atomic E-state index is 0.306. The molecule has 1 atom stereocenters. The zero-order chi connectivity index (χ0) is 12.1. The van der Waals surface area contributed by atoms with E-state index in [4.69, 9.17) is 5.11 Å². The average molecular weight is 240 g/mol. The number of carbonyl (C=O) groups is 1. The van der Waals surface area contributed by atoms with Gasteiger partial charge in [-0.2, -0.15) is 17.9 Å². The van der Waals surface area contributed by atoms with Crippen LogP contribution in [-0.4, -0.2) is 45.3 Å². The maximum atomic E-state index is 11.3. The minimum atomic E-state index is -3.81. The van der Waals surface area contributed by atoms with Crippen LogP contribution >= 0.6 is 0 Å². The molecule has 0 fully saturated rings. The van der Waals surface area contributed by atoms with Crippen molar-refractivity contribution < 1.29 is 23.1 Å². The molecule has 0 aliphatic carbocycles. The number of aliphatic hydroxyl groups excluding tert-OH is 1. The first-order chi connectivity index (χ1) is 6.82. The number of nitrogens with one attached hydrogen (secondary N) is 2. The van der Waals surface area contributed by atoms with Crippen molar-refractivity contribution in [1.82, 2.24) is 9.44 Å². The summed E-state index contributed by atoms with van der Waals surface area (Å²) in [5, 5.41) is 8.77. The lowest BCUT2D eigenvalue weighted by molar-refractivity contribution is -0.143. The Morgan fingerprint density at radius 3 is 2.27 bits per heavy atom. The third-order valence-electron chi connectivity index (χ3n) is 1.36. The van der Waals surface area contributed by atoms with Crippen molar-refractivity contribution in [3.05, 3.63) is 0 Å². The standard InChI is InChI=1S/C7H16N2O5S/c1-5(2)8-15(12,13)9-6(4-10)7(11)14-3/h5-6,8-10H,4H2,1-3H3. The zero-order valence-corrected chi connectivity index (χ0v) is 9.67. The van der Waals surface area contributed by atoms with Crippen LogP contribution in [-0.2, 0) is 19.7 Å². The van der Waals surface area contributed by atoms with Crippen molar-refractivity contribution in [2.75, 3.05) is 13.7 Å². The van der Waals surface area contributed by atoms with E-state index in [-0.39, 0.29) is 6.04 Å². The lowest BCUT2D eigenvalue weighted by Gasteiger charge is -2.15. The van der Waals surface area contributed by atoms with Crippen molar-refractivity contribution in [3.63, 3.8) is 0 Å². The maximum absolute atomic E-state index is 11.3. The third-order valence-corrected chi connectivity index (χ3v) is 2.73. The number of aliphatic hydroxyl groups is 1. The summed E-state index contributed by atoms with van der Waals surface area (Å²) in [6.07, 6.45) is 0. The second kappa shape index (κ2) is 6.01. The molecule has 1 unspecified atom stereocenters. The molecular formula is C7H16N2O5S. The molecule has 0 aliphatic heterocycles. The molecule has 15 heavy (non-hydrogen) atoms. The van der Waals surface area contributed by atoms with E-state index < -0.39 is 28.8 Å². The fourth-order valence-electron chi connectivity index (χ4n) is 0.834. The summed E-state index contributed by atoms with van der Waals surface area (Å²) < 4.78 is 31.0. The Balaban J connectivity index is 4.48. The molecule has 0 saturated heterocycles. The Bertz CT molecular complexity index is 301. The Labute approximate surface area is 89.0 Å². The summed E-state index contributed by atoms with van der Waals surface area (Å²) in [4.78, 5) is 11.0. The van der Waals surface area contributed by atoms with Gasteiger partial charge in [-0.25, -0.2) is 0 Å². The Morgan fingerprint density at radius 1 is 1.40 bits per heavy atom. The molecule has 0 saturated carbocycles. The number of hydrogen-bond acceptors (Lipinski definition) is 5. The Hall–Kier alpha value is -0.700. The molecule has 8 heteroatoms. The minimum Gasteiger partial charge on any atom is -0.468 e. The summed E-state index contributed by atoms with van der Waals surface area (Å²) in [6, 6.07) is -1.59. The predicted octanol–water partition coefficient (Wildman–Crippen LogP) is -1.65. The van der Waals surface area contributed by atoms with Crippen LogP contribution in [0.15, 0.2) is 0 Å². The fourth-order valence-corrected chi connectivity index (χ4v) is 2.07. The predicted molar refractivity (Wildman–Crippen MR) is 53.2 cm³/mol. The van der Waals surface area contributed by atoms with Gasteiger partial charge in [0.1, 0.15) is 6.04 Å². The van der Waals surface area contributed by atoms with Gasteiger partial charge in [-0.05, 0) is 13.8 Å². The summed E-state index contributed by atoms with van der Waals surface area (Å²) in [7, 11) is -2.70. The summed E-state index contributed by atoms with van der Waals surface area (Å²) in [5.74, 6) is -0.841. The van der Waals surface area contributed by atoms with Crippen molar-refractivity contribution in [2.45, 2.75) is 25.9 Å². The molecule has 7 nitrogen and oxygen atoms in total. The number of carbonyl (C=O) groups excluding carboxylic acids is 1. The van der Waals surface area contributed by atoms with Crippen molar-refractivity contribution >= 4 is 16.2 Å². The maximum Gasteiger partial charge on any atom is 0.326 e. The van der Waals surface area contributed by atoms with Gasteiger partial charge >= 0.3 is 5.97 Å². The second-order valence-corrected chi connectivity index (χ2v) is 4.63. The average Bonchev–Trinajstić information content (AvgIpc) is 2.11. The van der Waals surface area contributed by atoms with Crippen LogP contribution in [0.5, 0.6) is 0 Å². The van der Waals surface area contributed by atoms with Crippen molar-refractivity contribution in [2.24, 2.45) is 0 Å². The van der Waals surface area contributed by atoms with E-state index in [2.05, 4.69) is 9.46 Å². The van der Waals surface area contributed by atoms with Crippen LogP contribution in [0.1, 0.15) is 13.8 Å². The largest absolute Gasteiger partial charge is 0.468 e. The van der Waals surface area contributed by atoms with E-state index in [1.807, 2.05) is 4.72 Å². The van der Waals surface area contributed by atoms with Gasteiger partial charge in [-0.1, -0.05) is 0 Å². The number of hydrogen-bond donors (Lipinski definition) is 3. The second-order valence-electron chi connectivity index (χ2n) is 3.15. The third kappa shape index (κ3) is 5.67. The molecule has 0 radical (unpaired) electrons. The zero-order valence-electron chi connectivity index (χ0n) is 8.85. The van der Waals surface area contributed by atoms with Gasteiger partial charge in [0, 0.05) is 6.04 Å². The van der Waals surface area contributed by atoms with Crippen molar-refractivity contribution in [1.29, 1.82) is 0 Å². The first-order valence-electron chi connectivity index (χ1n) is 4.30. The molecule has 0 aromatic carbocycles. The fraction of sp³-hybridized carbons (Fsp3) is 0.857. The summed E-state index contributed by atoms with van der Waals surface area (Å²) >= 11 is 0. The Morgan fingerprint density at radius 2 is 1.93 bits per heavy atom. The molecule has 0 amide bonds. The van der Waals surface area contributed by atoms with Gasteiger partial charge in [0.05, 0.1) is 13.7 Å². The lowest BCUT2D eigenvalue weighted by Crippen LogP contribution is -2.50. The van der Waals surface area contributed by atoms with E-state index in [0.717, 1.165) is 7.11 Å². The summed E-state index contributed by atoms with van der Waals surface area (Å²) in [6.45, 7) is 2.60. The topological polar surface area (TPSA) is 105 Å². The van der Waals surface area contributed by atoms with E-state index in [1.54, 1.807) is 13.8 Å². The van der Waals surface area contributed by atoms with Crippen LogP contribution in [0.4, 0.5) is 0 Å². The molecule has 0 aromatic rings. The van der Waals surface area contributed by atoms with Crippen molar-refractivity contribution in [3.8, 4) is 0 Å². The highest BCUT2D eigenvalue weighted by atomic mass is 32.2. The molecule has 90 valence electrons. The van der Waals surface area contributed by atoms with Gasteiger partial charge < -0.3 is 9.84 Å². The highest BCUT2D eigenvalue weighted by molar-refractivity contribution is 7.87. The highest BCUT2D eigenvalue weighted by Crippen LogP contribution is 1.91. The normalized spacial score (nSPS) is 13.9. The van der Waals surface area contributed by atoms with Gasteiger partial charge in [0.2, 0.25) is 0 Å². The first kappa shape index (κ1) is 14.3. The van der Waals surface area contributed by atoms with Crippen LogP contribution in [0.3, 0.4) is 0 Å². The Kier molecular flexibility index (Phi) is 5.73. The van der Waals surface area contributed by atoms with Gasteiger partial charge in [-0.15, -0.1) is 0 Å². The van der Waals surface area contributed by atoms with Gasteiger partial charge in [-0.3, -0.25) is 4.79 Å². The van der Waals surface area contributed by atoms with E-state index >= 15 is 0 Å². The van der Waals surface area contributed by atoms with E-state index in [0.29, 0.717) is 0 Å². The number of esters is 1. The molecule has 0 rings (SSSR count). The number of rotatable bonds is 6. The SMILES string of the molecule is COC(=O)C(CO)NS(=O)(=O)NC(C)C. The van der Waals surface area contributed by atoms with E-state index in [9.17, 15) is 13.2 Å². The first-order valence-corrected chi connectivity index (χ1v) is 5.79. The van der Waals surface area contributed by atoms with Gasteiger partial charge in [0.15, 0.2) is 0 Å². The van der Waals surface area contributed by atoms with Crippen LogP contribution < -0.4 is 9.44 Å². The molecule has 3 N–H and O–H groups in total.